The van der Waals surface area contributed by atoms with Crippen molar-refractivity contribution >= 4 is 5.91 Å². The van der Waals surface area contributed by atoms with Crippen molar-refractivity contribution in [2.45, 2.75) is 31.7 Å². The third-order valence-electron chi connectivity index (χ3n) is 2.53. The van der Waals surface area contributed by atoms with E-state index in [0.29, 0.717) is 6.54 Å². The van der Waals surface area contributed by atoms with Crippen LogP contribution in [0, 0.1) is 0 Å². The number of likely N-dealkylation sites (N-methyl/N-ethyl adjacent to an activating group) is 1. The Bertz CT molecular complexity index is 231. The minimum atomic E-state index is -0.565. The topological polar surface area (TPSA) is 46.3 Å². The molecule has 1 aliphatic rings. The maximum absolute atomic E-state index is 11.7. The summed E-state index contributed by atoms with van der Waals surface area (Å²) >= 11 is 0. The summed E-state index contributed by atoms with van der Waals surface area (Å²) in [5.74, 6) is 0.0572. The van der Waals surface area contributed by atoms with Crippen molar-refractivity contribution < 1.29 is 4.79 Å². The second kappa shape index (κ2) is 3.50. The van der Waals surface area contributed by atoms with Gasteiger partial charge in [0, 0.05) is 13.6 Å². The van der Waals surface area contributed by atoms with E-state index >= 15 is 0 Å². The monoisotopic (exact) mass is 182 g/mol. The number of nitrogens with two attached hydrogens (primary N) is 1. The molecule has 2 N–H and O–H groups in total. The molecule has 0 radical (unpaired) electrons. The Morgan fingerprint density at radius 1 is 1.62 bits per heavy atom. The number of rotatable bonds is 3. The molecule has 0 aromatic rings. The minimum absolute atomic E-state index is 0.0572. The van der Waals surface area contributed by atoms with Gasteiger partial charge in [0.15, 0.2) is 0 Å². The van der Waals surface area contributed by atoms with Crippen molar-refractivity contribution in [2.24, 2.45) is 5.73 Å². The highest BCUT2D eigenvalue weighted by Gasteiger charge is 2.41. The average Bonchev–Trinajstić information content (AvgIpc) is 1.97. The molecule has 0 saturated heterocycles. The lowest BCUT2D eigenvalue weighted by Gasteiger charge is -2.39. The van der Waals surface area contributed by atoms with Crippen LogP contribution >= 0.6 is 0 Å². The van der Waals surface area contributed by atoms with Crippen LogP contribution in [0.15, 0.2) is 12.2 Å². The van der Waals surface area contributed by atoms with Gasteiger partial charge in [-0.2, -0.15) is 0 Å². The van der Waals surface area contributed by atoms with Gasteiger partial charge in [-0.05, 0) is 26.2 Å². The van der Waals surface area contributed by atoms with E-state index in [0.717, 1.165) is 24.8 Å². The molecule has 0 aliphatic heterocycles. The van der Waals surface area contributed by atoms with E-state index in [2.05, 4.69) is 6.58 Å². The van der Waals surface area contributed by atoms with Gasteiger partial charge in [0.1, 0.15) is 0 Å². The number of carbonyl (C=O) groups is 1. The fourth-order valence-corrected chi connectivity index (χ4v) is 1.63. The van der Waals surface area contributed by atoms with Crippen LogP contribution in [0.3, 0.4) is 0 Å². The second-order valence-electron chi connectivity index (χ2n) is 4.13. The third-order valence-corrected chi connectivity index (χ3v) is 2.53. The highest BCUT2D eigenvalue weighted by molar-refractivity contribution is 5.87. The molecule has 1 fully saturated rings. The van der Waals surface area contributed by atoms with Gasteiger partial charge in [-0.25, -0.2) is 0 Å². The van der Waals surface area contributed by atoms with E-state index in [9.17, 15) is 4.79 Å². The maximum Gasteiger partial charge on any atom is 0.242 e. The molecule has 1 aliphatic carbocycles. The van der Waals surface area contributed by atoms with E-state index in [1.165, 1.54) is 0 Å². The van der Waals surface area contributed by atoms with Gasteiger partial charge in [0.25, 0.3) is 0 Å². The molecule has 0 atom stereocenters. The zero-order chi connectivity index (χ0) is 10.1. The summed E-state index contributed by atoms with van der Waals surface area (Å²) in [6.07, 6.45) is 2.72. The molecule has 0 heterocycles. The standard InChI is InChI=1S/C10H18N2O/c1-8(2)7-12(3)9(13)10(11)5-4-6-10/h1,4-7,11H2,2-3H3. The lowest BCUT2D eigenvalue weighted by atomic mass is 9.76. The van der Waals surface area contributed by atoms with Gasteiger partial charge in [-0.15, -0.1) is 0 Å². The van der Waals surface area contributed by atoms with E-state index in [1.807, 2.05) is 6.92 Å². The number of nitrogens with zero attached hydrogens (tertiary/aromatic N) is 1. The summed E-state index contributed by atoms with van der Waals surface area (Å²) in [5, 5.41) is 0. The van der Waals surface area contributed by atoms with E-state index in [1.54, 1.807) is 11.9 Å². The number of hydrogen-bond acceptors (Lipinski definition) is 2. The van der Waals surface area contributed by atoms with Crippen molar-refractivity contribution in [3.63, 3.8) is 0 Å². The van der Waals surface area contributed by atoms with Crippen LogP contribution in [0.5, 0.6) is 0 Å². The molecule has 0 unspecified atom stereocenters. The van der Waals surface area contributed by atoms with Crippen LogP contribution in [0.1, 0.15) is 26.2 Å². The summed E-state index contributed by atoms with van der Waals surface area (Å²) < 4.78 is 0. The van der Waals surface area contributed by atoms with Gasteiger partial charge in [0.05, 0.1) is 5.54 Å². The molecule has 0 spiro atoms. The Labute approximate surface area is 79.6 Å². The average molecular weight is 182 g/mol. The second-order valence-corrected chi connectivity index (χ2v) is 4.13. The lowest BCUT2D eigenvalue weighted by molar-refractivity contribution is -0.138. The first-order valence-corrected chi connectivity index (χ1v) is 4.64. The smallest absolute Gasteiger partial charge is 0.242 e. The summed E-state index contributed by atoms with van der Waals surface area (Å²) in [7, 11) is 1.78. The SMILES string of the molecule is C=C(C)CN(C)C(=O)C1(N)CCC1. The molecule has 1 saturated carbocycles. The number of amides is 1. The summed E-state index contributed by atoms with van der Waals surface area (Å²) in [4.78, 5) is 13.4. The molecule has 3 nitrogen and oxygen atoms in total. The van der Waals surface area contributed by atoms with Crippen LogP contribution in [0.25, 0.3) is 0 Å². The highest BCUT2D eigenvalue weighted by atomic mass is 16.2. The molecule has 1 amide bonds. The predicted octanol–water partition coefficient (Wildman–Crippen LogP) is 0.902. The molecule has 1 rings (SSSR count). The van der Waals surface area contributed by atoms with Crippen LogP contribution in [-0.4, -0.2) is 29.9 Å². The van der Waals surface area contributed by atoms with E-state index in [4.69, 9.17) is 5.73 Å². The molecule has 0 aromatic heterocycles. The molecule has 13 heavy (non-hydrogen) atoms. The third kappa shape index (κ3) is 2.10. The number of carbonyl (C=O) groups excluding carboxylic acids is 1. The Balaban J connectivity index is 2.51. The van der Waals surface area contributed by atoms with Gasteiger partial charge in [-0.1, -0.05) is 12.2 Å². The summed E-state index contributed by atoms with van der Waals surface area (Å²) in [6.45, 7) is 6.29. The van der Waals surface area contributed by atoms with Crippen molar-refractivity contribution in [2.75, 3.05) is 13.6 Å². The predicted molar refractivity (Wildman–Crippen MR) is 53.2 cm³/mol. The lowest BCUT2D eigenvalue weighted by Crippen LogP contribution is -2.58. The van der Waals surface area contributed by atoms with Gasteiger partial charge >= 0.3 is 0 Å². The molecular formula is C10H18N2O. The normalized spacial score (nSPS) is 19.0. The first kappa shape index (κ1) is 10.3. The Morgan fingerprint density at radius 3 is 2.46 bits per heavy atom. The zero-order valence-electron chi connectivity index (χ0n) is 8.47. The van der Waals surface area contributed by atoms with Crippen molar-refractivity contribution in [1.29, 1.82) is 0 Å². The number of hydrogen-bond donors (Lipinski definition) is 1. The van der Waals surface area contributed by atoms with Crippen LogP contribution < -0.4 is 5.73 Å². The molecular weight excluding hydrogens is 164 g/mol. The van der Waals surface area contributed by atoms with Gasteiger partial charge < -0.3 is 10.6 Å². The molecule has 3 heteroatoms. The van der Waals surface area contributed by atoms with Crippen molar-refractivity contribution in [3.8, 4) is 0 Å². The minimum Gasteiger partial charge on any atom is -0.340 e. The molecule has 0 bridgehead atoms. The molecule has 0 aromatic carbocycles. The van der Waals surface area contributed by atoms with Gasteiger partial charge in [-0.3, -0.25) is 4.79 Å². The first-order chi connectivity index (χ1) is 5.96. The fourth-order valence-electron chi connectivity index (χ4n) is 1.63. The zero-order valence-corrected chi connectivity index (χ0v) is 8.47. The Morgan fingerprint density at radius 2 is 2.15 bits per heavy atom. The Hall–Kier alpha value is -0.830. The van der Waals surface area contributed by atoms with Crippen molar-refractivity contribution in [1.82, 2.24) is 4.90 Å². The van der Waals surface area contributed by atoms with Gasteiger partial charge in [0.2, 0.25) is 5.91 Å². The summed E-state index contributed by atoms with van der Waals surface area (Å²) in [6, 6.07) is 0. The Kier molecular flexibility index (Phi) is 2.76. The van der Waals surface area contributed by atoms with E-state index in [-0.39, 0.29) is 5.91 Å². The largest absolute Gasteiger partial charge is 0.340 e. The highest BCUT2D eigenvalue weighted by Crippen LogP contribution is 2.30. The maximum atomic E-state index is 11.7. The van der Waals surface area contributed by atoms with Crippen LogP contribution in [0.2, 0.25) is 0 Å². The summed E-state index contributed by atoms with van der Waals surface area (Å²) in [5.41, 5.74) is 6.32. The quantitative estimate of drug-likeness (QED) is 0.659. The van der Waals surface area contributed by atoms with E-state index < -0.39 is 5.54 Å². The van der Waals surface area contributed by atoms with Crippen LogP contribution in [0.4, 0.5) is 0 Å². The first-order valence-electron chi connectivity index (χ1n) is 4.64. The fraction of sp³-hybridized carbons (Fsp3) is 0.700. The molecule has 74 valence electrons. The van der Waals surface area contributed by atoms with Crippen molar-refractivity contribution in [3.05, 3.63) is 12.2 Å². The van der Waals surface area contributed by atoms with Crippen LogP contribution in [-0.2, 0) is 4.79 Å².